The van der Waals surface area contributed by atoms with Crippen molar-refractivity contribution in [1.82, 2.24) is 9.80 Å². The molecule has 8 nitrogen and oxygen atoms in total. The fourth-order valence-electron chi connectivity index (χ4n) is 3.23. The van der Waals surface area contributed by atoms with E-state index in [0.717, 1.165) is 39.0 Å². The molecule has 1 N–H and O–H groups in total. The van der Waals surface area contributed by atoms with Crippen molar-refractivity contribution in [1.29, 1.82) is 0 Å². The number of ether oxygens (including phenoxy) is 1. The van der Waals surface area contributed by atoms with E-state index in [1.54, 1.807) is 0 Å². The molecule has 10 heteroatoms. The molecule has 1 aromatic carbocycles. The Balaban J connectivity index is 0.00000225. The molecule has 0 atom stereocenters. The van der Waals surface area contributed by atoms with Crippen molar-refractivity contribution < 1.29 is 43.3 Å². The van der Waals surface area contributed by atoms with Crippen LogP contribution in [0.3, 0.4) is 0 Å². The third-order valence-corrected chi connectivity index (χ3v) is 6.44. The van der Waals surface area contributed by atoms with E-state index in [0.29, 0.717) is 37.1 Å². The summed E-state index contributed by atoms with van der Waals surface area (Å²) in [5.74, 6) is -0.278. The smallest absolute Gasteiger partial charge is 1.00 e. The number of benzene rings is 1. The average molecular weight is 419 g/mol. The van der Waals surface area contributed by atoms with Crippen LogP contribution < -0.4 is 27.9 Å². The monoisotopic (exact) mass is 419 g/mol. The molecular weight excluding hydrogens is 389 g/mol. The number of sulfonamides is 1. The first kappa shape index (κ1) is 24.0. The van der Waals surface area contributed by atoms with E-state index in [2.05, 4.69) is 16.8 Å². The summed E-state index contributed by atoms with van der Waals surface area (Å²) in [5.41, 5.74) is 0.490. The van der Waals surface area contributed by atoms with Gasteiger partial charge >= 0.3 is 24.8 Å². The average Bonchev–Trinajstić information content (AvgIpc) is 3.45. The molecule has 1 aromatic rings. The van der Waals surface area contributed by atoms with E-state index in [4.69, 9.17) is 4.74 Å². The van der Waals surface area contributed by atoms with Gasteiger partial charge in [-0.3, -0.25) is 9.21 Å². The van der Waals surface area contributed by atoms with Gasteiger partial charge in [-0.05, 0) is 44.0 Å². The normalized spacial score (nSPS) is 18.1. The molecule has 2 aliphatic rings. The SMILES string of the molecule is CN1CCN(CCN(c2ccc(C(=O)O)cc2OCC2CC2)S(C)(=O)=O)CC1.[H-].[Li+]. The number of hydrogen-bond donors (Lipinski definition) is 1. The summed E-state index contributed by atoms with van der Waals surface area (Å²) in [6.45, 7) is 5.11. The number of likely N-dealkylation sites (N-methyl/N-ethyl adjacent to an activating group) is 1. The van der Waals surface area contributed by atoms with Crippen LogP contribution in [-0.2, 0) is 10.0 Å². The number of piperazine rings is 1. The zero-order valence-electron chi connectivity index (χ0n) is 18.5. The van der Waals surface area contributed by atoms with Crippen molar-refractivity contribution in [2.24, 2.45) is 5.92 Å². The number of carboxylic acid groups (broad SMARTS) is 1. The molecule has 2 fully saturated rings. The minimum absolute atomic E-state index is 0. The van der Waals surface area contributed by atoms with Crippen molar-refractivity contribution in [2.75, 3.05) is 63.5 Å². The number of nitrogens with zero attached hydrogens (tertiary/aromatic N) is 3. The van der Waals surface area contributed by atoms with E-state index < -0.39 is 16.0 Å². The molecule has 1 saturated carbocycles. The van der Waals surface area contributed by atoms with Gasteiger partial charge < -0.3 is 16.2 Å². The Morgan fingerprint density at radius 2 is 1.93 bits per heavy atom. The van der Waals surface area contributed by atoms with Gasteiger partial charge in [-0.2, -0.15) is 0 Å². The van der Waals surface area contributed by atoms with E-state index in [1.807, 2.05) is 0 Å². The molecule has 0 unspecified atom stereocenters. The van der Waals surface area contributed by atoms with Crippen LogP contribution in [0.4, 0.5) is 5.69 Å². The number of rotatable bonds is 9. The Kier molecular flexibility index (Phi) is 8.44. The zero-order chi connectivity index (χ0) is 20.3. The van der Waals surface area contributed by atoms with Gasteiger partial charge in [-0.1, -0.05) is 0 Å². The molecule has 1 aliphatic carbocycles. The van der Waals surface area contributed by atoms with Gasteiger partial charge in [0, 0.05) is 39.3 Å². The predicted molar refractivity (Wildman–Crippen MR) is 109 cm³/mol. The molecule has 1 saturated heterocycles. The number of aromatic carboxylic acids is 1. The van der Waals surface area contributed by atoms with Gasteiger partial charge in [-0.15, -0.1) is 0 Å². The van der Waals surface area contributed by atoms with Crippen molar-refractivity contribution in [3.05, 3.63) is 23.8 Å². The first-order chi connectivity index (χ1) is 13.2. The van der Waals surface area contributed by atoms with E-state index in [9.17, 15) is 18.3 Å². The van der Waals surface area contributed by atoms with Crippen LogP contribution in [0.2, 0.25) is 0 Å². The zero-order valence-corrected chi connectivity index (χ0v) is 18.3. The molecule has 0 radical (unpaired) electrons. The molecular formula is C19H30LiN3O5S. The summed E-state index contributed by atoms with van der Waals surface area (Å²) in [7, 11) is -1.46. The van der Waals surface area contributed by atoms with Crippen LogP contribution in [-0.4, -0.2) is 88.5 Å². The van der Waals surface area contributed by atoms with Gasteiger partial charge in [0.15, 0.2) is 0 Å². The molecule has 29 heavy (non-hydrogen) atoms. The van der Waals surface area contributed by atoms with Gasteiger partial charge in [0.1, 0.15) is 5.75 Å². The maximum Gasteiger partial charge on any atom is 1.00 e. The maximum absolute atomic E-state index is 12.5. The minimum atomic E-state index is -3.54. The molecule has 158 valence electrons. The van der Waals surface area contributed by atoms with Crippen LogP contribution in [0.25, 0.3) is 0 Å². The Morgan fingerprint density at radius 1 is 1.28 bits per heavy atom. The second-order valence-corrected chi connectivity index (χ2v) is 9.63. The second-order valence-electron chi connectivity index (χ2n) is 7.72. The Bertz CT molecular complexity index is 814. The maximum atomic E-state index is 12.5. The van der Waals surface area contributed by atoms with Crippen molar-refractivity contribution >= 4 is 21.7 Å². The minimum Gasteiger partial charge on any atom is -1.00 e. The van der Waals surface area contributed by atoms with E-state index in [-0.39, 0.29) is 25.9 Å². The van der Waals surface area contributed by atoms with Crippen molar-refractivity contribution in [3.8, 4) is 5.75 Å². The third kappa shape index (κ3) is 6.90. The molecule has 0 bridgehead atoms. The van der Waals surface area contributed by atoms with Crippen LogP contribution in [0.5, 0.6) is 5.75 Å². The van der Waals surface area contributed by atoms with E-state index in [1.165, 1.54) is 28.8 Å². The van der Waals surface area contributed by atoms with Crippen LogP contribution >= 0.6 is 0 Å². The van der Waals surface area contributed by atoms with Crippen LogP contribution in [0.1, 0.15) is 24.6 Å². The van der Waals surface area contributed by atoms with Crippen LogP contribution in [0, 0.1) is 5.92 Å². The fourth-order valence-corrected chi connectivity index (χ4v) is 4.15. The summed E-state index contributed by atoms with van der Waals surface area (Å²) in [6.07, 6.45) is 3.35. The summed E-state index contributed by atoms with van der Waals surface area (Å²) < 4.78 is 32.2. The van der Waals surface area contributed by atoms with Gasteiger partial charge in [0.25, 0.3) is 0 Å². The summed E-state index contributed by atoms with van der Waals surface area (Å²) in [4.78, 5) is 15.8. The standard InChI is InChI=1S/C19H29N3O5S.Li.H/c1-20-7-9-21(10-8-20)11-12-22(28(2,25)26)17-6-5-16(19(23)24)13-18(17)27-14-15-3-4-15;;/h5-6,13,15H,3-4,7-12,14H2,1-2H3,(H,23,24);;/q;+1;-1. The first-order valence-corrected chi connectivity index (χ1v) is 11.5. The molecule has 0 aromatic heterocycles. The molecule has 1 aliphatic heterocycles. The Morgan fingerprint density at radius 3 is 2.48 bits per heavy atom. The Hall–Kier alpha value is -1.24. The number of anilines is 1. The summed E-state index contributed by atoms with van der Waals surface area (Å²) in [6, 6.07) is 4.39. The largest absolute Gasteiger partial charge is 1.00 e. The van der Waals surface area contributed by atoms with Crippen molar-refractivity contribution in [2.45, 2.75) is 12.8 Å². The first-order valence-electron chi connectivity index (χ1n) is 9.63. The van der Waals surface area contributed by atoms with Crippen molar-refractivity contribution in [3.63, 3.8) is 0 Å². The molecule has 0 amide bonds. The van der Waals surface area contributed by atoms with Crippen LogP contribution in [0.15, 0.2) is 18.2 Å². The quantitative estimate of drug-likeness (QED) is 0.478. The predicted octanol–water partition coefficient (Wildman–Crippen LogP) is -1.70. The second kappa shape index (κ2) is 10.2. The van der Waals surface area contributed by atoms with Gasteiger partial charge in [-0.25, -0.2) is 13.2 Å². The molecule has 1 heterocycles. The summed E-state index contributed by atoms with van der Waals surface area (Å²) >= 11 is 0. The number of carboxylic acids is 1. The Labute approximate surface area is 186 Å². The number of carbonyl (C=O) groups is 1. The molecule has 0 spiro atoms. The topological polar surface area (TPSA) is 90.4 Å². The van der Waals surface area contributed by atoms with E-state index >= 15 is 0 Å². The number of hydrogen-bond acceptors (Lipinski definition) is 6. The summed E-state index contributed by atoms with van der Waals surface area (Å²) in [5, 5.41) is 9.29. The van der Waals surface area contributed by atoms with Gasteiger partial charge in [0.05, 0.1) is 24.1 Å². The third-order valence-electron chi connectivity index (χ3n) is 5.26. The van der Waals surface area contributed by atoms with Gasteiger partial charge in [0.2, 0.25) is 10.0 Å². The molecule has 3 rings (SSSR count). The fraction of sp³-hybridized carbons (Fsp3) is 0.632.